The second-order valence-corrected chi connectivity index (χ2v) is 4.12. The first kappa shape index (κ1) is 9.04. The number of aliphatic imine (C=N–C) groups is 1. The third kappa shape index (κ3) is 2.71. The molecule has 0 bridgehead atoms. The SMILES string of the molecule is C1CCC(N=C2CCCCO2)CC1. The molecule has 0 unspecified atom stereocenters. The fraction of sp³-hybridized carbons (Fsp3) is 0.909. The van der Waals surface area contributed by atoms with Gasteiger partial charge in [0, 0.05) is 6.42 Å². The van der Waals surface area contributed by atoms with Crippen LogP contribution in [0.15, 0.2) is 4.99 Å². The molecule has 0 spiro atoms. The minimum Gasteiger partial charge on any atom is -0.481 e. The number of hydrogen-bond donors (Lipinski definition) is 0. The van der Waals surface area contributed by atoms with Gasteiger partial charge in [-0.15, -0.1) is 0 Å². The van der Waals surface area contributed by atoms with Crippen molar-refractivity contribution in [2.24, 2.45) is 4.99 Å². The first-order chi connectivity index (χ1) is 6.45. The Bertz CT molecular complexity index is 175. The van der Waals surface area contributed by atoms with E-state index >= 15 is 0 Å². The van der Waals surface area contributed by atoms with Crippen LogP contribution in [0.5, 0.6) is 0 Å². The van der Waals surface area contributed by atoms with Crippen LogP contribution in [0.1, 0.15) is 51.4 Å². The van der Waals surface area contributed by atoms with Gasteiger partial charge in [-0.3, -0.25) is 4.99 Å². The third-order valence-corrected chi connectivity index (χ3v) is 2.95. The van der Waals surface area contributed by atoms with Crippen LogP contribution >= 0.6 is 0 Å². The van der Waals surface area contributed by atoms with Gasteiger partial charge < -0.3 is 4.74 Å². The van der Waals surface area contributed by atoms with E-state index in [-0.39, 0.29) is 0 Å². The van der Waals surface area contributed by atoms with Gasteiger partial charge in [-0.1, -0.05) is 19.3 Å². The minimum atomic E-state index is 0.585. The molecule has 2 heteroatoms. The summed E-state index contributed by atoms with van der Waals surface area (Å²) in [4.78, 5) is 4.69. The molecule has 0 atom stereocenters. The van der Waals surface area contributed by atoms with Crippen LogP contribution < -0.4 is 0 Å². The lowest BCUT2D eigenvalue weighted by Crippen LogP contribution is -2.18. The largest absolute Gasteiger partial charge is 0.481 e. The van der Waals surface area contributed by atoms with E-state index in [0.717, 1.165) is 18.9 Å². The summed E-state index contributed by atoms with van der Waals surface area (Å²) in [6.45, 7) is 0.894. The van der Waals surface area contributed by atoms with E-state index in [1.165, 1.54) is 44.9 Å². The average molecular weight is 181 g/mol. The van der Waals surface area contributed by atoms with Gasteiger partial charge in [-0.05, 0) is 25.7 Å². The molecule has 1 saturated heterocycles. The zero-order chi connectivity index (χ0) is 8.93. The summed E-state index contributed by atoms with van der Waals surface area (Å²) in [6.07, 6.45) is 10.3. The van der Waals surface area contributed by atoms with E-state index in [4.69, 9.17) is 4.74 Å². The van der Waals surface area contributed by atoms with E-state index < -0.39 is 0 Å². The van der Waals surface area contributed by atoms with E-state index in [0.29, 0.717) is 6.04 Å². The van der Waals surface area contributed by atoms with Crippen molar-refractivity contribution in [3.63, 3.8) is 0 Å². The molecule has 0 aromatic carbocycles. The molecule has 2 aliphatic rings. The summed E-state index contributed by atoms with van der Waals surface area (Å²) in [6, 6.07) is 0.585. The Morgan fingerprint density at radius 2 is 1.85 bits per heavy atom. The molecule has 74 valence electrons. The van der Waals surface area contributed by atoms with Crippen molar-refractivity contribution in [2.45, 2.75) is 57.4 Å². The Labute approximate surface area is 80.4 Å². The molecule has 0 aromatic rings. The molecule has 2 fully saturated rings. The molecule has 2 nitrogen and oxygen atoms in total. The lowest BCUT2D eigenvalue weighted by molar-refractivity contribution is 0.255. The summed E-state index contributed by atoms with van der Waals surface area (Å²) in [5.41, 5.74) is 0. The molecule has 1 heterocycles. The normalized spacial score (nSPS) is 28.8. The predicted octanol–water partition coefficient (Wildman–Crippen LogP) is 2.92. The number of hydrogen-bond acceptors (Lipinski definition) is 2. The molecule has 0 amide bonds. The van der Waals surface area contributed by atoms with E-state index in [1.54, 1.807) is 0 Å². The zero-order valence-electron chi connectivity index (χ0n) is 8.30. The number of ether oxygens (including phenoxy) is 1. The molecule has 0 aromatic heterocycles. The highest BCUT2D eigenvalue weighted by molar-refractivity contribution is 5.76. The summed E-state index contributed by atoms with van der Waals surface area (Å²) in [7, 11) is 0. The molecule has 2 rings (SSSR count). The quantitative estimate of drug-likeness (QED) is 0.609. The highest BCUT2D eigenvalue weighted by Gasteiger charge is 2.15. The standard InChI is InChI=1S/C11H19NO/c1-2-6-10(7-3-1)12-11-8-4-5-9-13-11/h10H,1-9H2. The van der Waals surface area contributed by atoms with Crippen molar-refractivity contribution in [3.05, 3.63) is 0 Å². The molecule has 1 aliphatic carbocycles. The van der Waals surface area contributed by atoms with Crippen molar-refractivity contribution in [3.8, 4) is 0 Å². The highest BCUT2D eigenvalue weighted by Crippen LogP contribution is 2.21. The van der Waals surface area contributed by atoms with Crippen molar-refractivity contribution < 1.29 is 4.74 Å². The maximum absolute atomic E-state index is 5.53. The Morgan fingerprint density at radius 1 is 1.00 bits per heavy atom. The summed E-state index contributed by atoms with van der Waals surface area (Å²) < 4.78 is 5.53. The summed E-state index contributed by atoms with van der Waals surface area (Å²) in [5, 5.41) is 0. The lowest BCUT2D eigenvalue weighted by Gasteiger charge is -2.21. The number of nitrogens with zero attached hydrogens (tertiary/aromatic N) is 1. The van der Waals surface area contributed by atoms with Crippen LogP contribution in [-0.4, -0.2) is 18.5 Å². The van der Waals surface area contributed by atoms with Crippen LogP contribution in [0.3, 0.4) is 0 Å². The molecule has 13 heavy (non-hydrogen) atoms. The molecular formula is C11H19NO. The van der Waals surface area contributed by atoms with Gasteiger partial charge >= 0.3 is 0 Å². The highest BCUT2D eigenvalue weighted by atomic mass is 16.5. The second kappa shape index (κ2) is 4.64. The van der Waals surface area contributed by atoms with Gasteiger partial charge in [-0.25, -0.2) is 0 Å². The Kier molecular flexibility index (Phi) is 3.22. The maximum atomic E-state index is 5.53. The molecule has 0 N–H and O–H groups in total. The van der Waals surface area contributed by atoms with Gasteiger partial charge in [-0.2, -0.15) is 0 Å². The van der Waals surface area contributed by atoms with Crippen LogP contribution in [0.2, 0.25) is 0 Å². The topological polar surface area (TPSA) is 21.6 Å². The molecule has 1 aliphatic heterocycles. The van der Waals surface area contributed by atoms with Gasteiger partial charge in [0.25, 0.3) is 0 Å². The molecule has 1 saturated carbocycles. The second-order valence-electron chi connectivity index (χ2n) is 4.12. The van der Waals surface area contributed by atoms with Gasteiger partial charge in [0.2, 0.25) is 0 Å². The van der Waals surface area contributed by atoms with E-state index in [9.17, 15) is 0 Å². The Balaban J connectivity index is 1.85. The Morgan fingerprint density at radius 3 is 2.54 bits per heavy atom. The third-order valence-electron chi connectivity index (χ3n) is 2.95. The molecular weight excluding hydrogens is 162 g/mol. The maximum Gasteiger partial charge on any atom is 0.183 e. The van der Waals surface area contributed by atoms with Crippen LogP contribution in [-0.2, 0) is 4.74 Å². The minimum absolute atomic E-state index is 0.585. The summed E-state index contributed by atoms with van der Waals surface area (Å²) in [5.74, 6) is 1.04. The fourth-order valence-electron chi connectivity index (χ4n) is 2.16. The van der Waals surface area contributed by atoms with Gasteiger partial charge in [0.15, 0.2) is 5.90 Å². The van der Waals surface area contributed by atoms with Gasteiger partial charge in [0.1, 0.15) is 0 Å². The van der Waals surface area contributed by atoms with Crippen molar-refractivity contribution in [1.29, 1.82) is 0 Å². The molecule has 0 radical (unpaired) electrons. The van der Waals surface area contributed by atoms with Crippen LogP contribution in [0.4, 0.5) is 0 Å². The van der Waals surface area contributed by atoms with E-state index in [2.05, 4.69) is 4.99 Å². The van der Waals surface area contributed by atoms with Crippen molar-refractivity contribution >= 4 is 5.90 Å². The number of rotatable bonds is 1. The van der Waals surface area contributed by atoms with E-state index in [1.807, 2.05) is 0 Å². The van der Waals surface area contributed by atoms with Crippen LogP contribution in [0, 0.1) is 0 Å². The summed E-state index contributed by atoms with van der Waals surface area (Å²) >= 11 is 0. The smallest absolute Gasteiger partial charge is 0.183 e. The van der Waals surface area contributed by atoms with Crippen molar-refractivity contribution in [1.82, 2.24) is 0 Å². The zero-order valence-corrected chi connectivity index (χ0v) is 8.30. The van der Waals surface area contributed by atoms with Crippen molar-refractivity contribution in [2.75, 3.05) is 6.61 Å². The fourth-order valence-corrected chi connectivity index (χ4v) is 2.16. The first-order valence-corrected chi connectivity index (χ1v) is 5.64. The van der Waals surface area contributed by atoms with Crippen LogP contribution in [0.25, 0.3) is 0 Å². The Hall–Kier alpha value is -0.530. The predicted molar refractivity (Wildman–Crippen MR) is 54.1 cm³/mol. The monoisotopic (exact) mass is 181 g/mol. The van der Waals surface area contributed by atoms with Gasteiger partial charge in [0.05, 0.1) is 12.6 Å². The first-order valence-electron chi connectivity index (χ1n) is 5.64. The average Bonchev–Trinajstić information content (AvgIpc) is 2.21. The lowest BCUT2D eigenvalue weighted by atomic mass is 9.96.